The van der Waals surface area contributed by atoms with Gasteiger partial charge in [0.2, 0.25) is 4.47 Å². The fourth-order valence-corrected chi connectivity index (χ4v) is 2.78. The Labute approximate surface area is 93.9 Å². The van der Waals surface area contributed by atoms with E-state index in [1.54, 1.807) is 0 Å². The monoisotopic (exact) mass is 230 g/mol. The summed E-state index contributed by atoms with van der Waals surface area (Å²) in [7, 11) is 0. The Morgan fingerprint density at radius 3 is 2.29 bits per heavy atom. The number of halogens is 1. The van der Waals surface area contributed by atoms with E-state index in [1.807, 2.05) is 0 Å². The zero-order valence-corrected chi connectivity index (χ0v) is 9.78. The van der Waals surface area contributed by atoms with Crippen LogP contribution in [0.3, 0.4) is 0 Å². The molecule has 1 aliphatic rings. The standard InChI is InChI=1S/C10H15ClN2S/c11-10-12-9(13-14-10)8-6-4-2-1-3-5-7-8/h8H,1-7H2. The molecule has 0 amide bonds. The number of aromatic nitrogens is 2. The molecule has 4 heteroatoms. The largest absolute Gasteiger partial charge is 0.208 e. The third-order valence-electron chi connectivity index (χ3n) is 2.89. The first kappa shape index (κ1) is 10.4. The first-order chi connectivity index (χ1) is 6.86. The second-order valence-electron chi connectivity index (χ2n) is 3.95. The van der Waals surface area contributed by atoms with Gasteiger partial charge in [-0.25, -0.2) is 4.98 Å². The lowest BCUT2D eigenvalue weighted by atomic mass is 9.91. The summed E-state index contributed by atoms with van der Waals surface area (Å²) in [6.07, 6.45) is 9.27. The van der Waals surface area contributed by atoms with Gasteiger partial charge >= 0.3 is 0 Å². The molecule has 1 saturated carbocycles. The second kappa shape index (κ2) is 5.08. The van der Waals surface area contributed by atoms with Gasteiger partial charge in [-0.2, -0.15) is 4.37 Å². The van der Waals surface area contributed by atoms with Crippen LogP contribution in [0.5, 0.6) is 0 Å². The minimum Gasteiger partial charge on any atom is -0.208 e. The van der Waals surface area contributed by atoms with E-state index >= 15 is 0 Å². The molecule has 78 valence electrons. The molecule has 1 aliphatic carbocycles. The maximum atomic E-state index is 5.80. The highest BCUT2D eigenvalue weighted by molar-refractivity contribution is 7.10. The molecule has 0 atom stereocenters. The van der Waals surface area contributed by atoms with Crippen molar-refractivity contribution in [2.75, 3.05) is 0 Å². The van der Waals surface area contributed by atoms with Crippen LogP contribution in [0.15, 0.2) is 0 Å². The van der Waals surface area contributed by atoms with Crippen molar-refractivity contribution >= 4 is 23.1 Å². The van der Waals surface area contributed by atoms with Gasteiger partial charge < -0.3 is 0 Å². The van der Waals surface area contributed by atoms with Gasteiger partial charge in [-0.15, -0.1) is 0 Å². The van der Waals surface area contributed by atoms with Crippen LogP contribution in [0.4, 0.5) is 0 Å². The van der Waals surface area contributed by atoms with Crippen LogP contribution in [0.25, 0.3) is 0 Å². The van der Waals surface area contributed by atoms with Gasteiger partial charge in [-0.05, 0) is 36.0 Å². The maximum absolute atomic E-state index is 5.80. The fraction of sp³-hybridized carbons (Fsp3) is 0.800. The molecule has 0 aromatic carbocycles. The zero-order valence-electron chi connectivity index (χ0n) is 8.21. The topological polar surface area (TPSA) is 25.8 Å². The van der Waals surface area contributed by atoms with Crippen molar-refractivity contribution in [2.45, 2.75) is 50.9 Å². The summed E-state index contributed by atoms with van der Waals surface area (Å²) in [4.78, 5) is 4.28. The van der Waals surface area contributed by atoms with Crippen LogP contribution >= 0.6 is 23.1 Å². The van der Waals surface area contributed by atoms with Crippen molar-refractivity contribution in [2.24, 2.45) is 0 Å². The minimum absolute atomic E-state index is 0.569. The van der Waals surface area contributed by atoms with E-state index in [0.717, 1.165) is 5.82 Å². The van der Waals surface area contributed by atoms with Crippen LogP contribution in [0, 0.1) is 0 Å². The molecule has 0 radical (unpaired) electrons. The van der Waals surface area contributed by atoms with Crippen LogP contribution < -0.4 is 0 Å². The average Bonchev–Trinajstić information content (AvgIpc) is 2.51. The van der Waals surface area contributed by atoms with Gasteiger partial charge in [0.05, 0.1) is 0 Å². The normalized spacial score (nSPS) is 20.4. The molecule has 14 heavy (non-hydrogen) atoms. The van der Waals surface area contributed by atoms with Gasteiger partial charge in [0.15, 0.2) is 0 Å². The van der Waals surface area contributed by atoms with Gasteiger partial charge in [0.1, 0.15) is 5.82 Å². The Morgan fingerprint density at radius 2 is 1.71 bits per heavy atom. The fourth-order valence-electron chi connectivity index (χ4n) is 2.10. The summed E-state index contributed by atoms with van der Waals surface area (Å²) < 4.78 is 4.90. The predicted octanol–water partition coefficient (Wildman–Crippen LogP) is 4.02. The van der Waals surface area contributed by atoms with E-state index in [-0.39, 0.29) is 0 Å². The summed E-state index contributed by atoms with van der Waals surface area (Å²) in [5.74, 6) is 1.56. The maximum Gasteiger partial charge on any atom is 0.203 e. The number of rotatable bonds is 1. The third kappa shape index (κ3) is 2.67. The number of hydrogen-bond donors (Lipinski definition) is 0. The highest BCUT2D eigenvalue weighted by atomic mass is 35.5. The second-order valence-corrected chi connectivity index (χ2v) is 5.28. The lowest BCUT2D eigenvalue weighted by Gasteiger charge is -2.16. The van der Waals surface area contributed by atoms with E-state index < -0.39 is 0 Å². The van der Waals surface area contributed by atoms with Crippen LogP contribution in [0.1, 0.15) is 56.7 Å². The predicted molar refractivity (Wildman–Crippen MR) is 60.0 cm³/mol. The van der Waals surface area contributed by atoms with Gasteiger partial charge in [0, 0.05) is 5.92 Å². The highest BCUT2D eigenvalue weighted by Gasteiger charge is 2.17. The van der Waals surface area contributed by atoms with E-state index in [2.05, 4.69) is 9.36 Å². The first-order valence-electron chi connectivity index (χ1n) is 5.35. The summed E-state index contributed by atoms with van der Waals surface area (Å²) in [5.41, 5.74) is 0. The summed E-state index contributed by atoms with van der Waals surface area (Å²) in [5, 5.41) is 0. The number of nitrogens with zero attached hydrogens (tertiary/aromatic N) is 2. The Bertz CT molecular complexity index is 279. The summed E-state index contributed by atoms with van der Waals surface area (Å²) >= 11 is 7.11. The Kier molecular flexibility index (Phi) is 3.76. The van der Waals surface area contributed by atoms with Crippen molar-refractivity contribution < 1.29 is 0 Å². The van der Waals surface area contributed by atoms with Crippen LogP contribution in [-0.2, 0) is 0 Å². The summed E-state index contributed by atoms with van der Waals surface area (Å²) in [6.45, 7) is 0. The average molecular weight is 231 g/mol. The van der Waals surface area contributed by atoms with E-state index in [0.29, 0.717) is 10.4 Å². The highest BCUT2D eigenvalue weighted by Crippen LogP contribution is 2.30. The minimum atomic E-state index is 0.569. The van der Waals surface area contributed by atoms with Crippen molar-refractivity contribution in [3.8, 4) is 0 Å². The molecule has 1 aromatic rings. The molecule has 1 heterocycles. The lowest BCUT2D eigenvalue weighted by molar-refractivity contribution is 0.445. The van der Waals surface area contributed by atoms with Crippen molar-refractivity contribution in [3.05, 3.63) is 10.3 Å². The molecule has 2 rings (SSSR count). The first-order valence-corrected chi connectivity index (χ1v) is 6.50. The number of hydrogen-bond acceptors (Lipinski definition) is 3. The van der Waals surface area contributed by atoms with Gasteiger partial charge in [0.25, 0.3) is 0 Å². The smallest absolute Gasteiger partial charge is 0.203 e. The van der Waals surface area contributed by atoms with Crippen molar-refractivity contribution in [1.29, 1.82) is 0 Å². The van der Waals surface area contributed by atoms with Gasteiger partial charge in [-0.3, -0.25) is 0 Å². The molecule has 1 fully saturated rings. The SMILES string of the molecule is Clc1nc(C2CCCCCCC2)ns1. The Hall–Kier alpha value is -0.150. The van der Waals surface area contributed by atoms with Crippen molar-refractivity contribution in [1.82, 2.24) is 9.36 Å². The van der Waals surface area contributed by atoms with Crippen LogP contribution in [0.2, 0.25) is 4.47 Å². The summed E-state index contributed by atoms with van der Waals surface area (Å²) in [6, 6.07) is 0. The van der Waals surface area contributed by atoms with E-state index in [9.17, 15) is 0 Å². The molecule has 0 saturated heterocycles. The van der Waals surface area contributed by atoms with E-state index in [4.69, 9.17) is 11.6 Å². The molecule has 0 unspecified atom stereocenters. The molecule has 1 aromatic heterocycles. The van der Waals surface area contributed by atoms with Crippen molar-refractivity contribution in [3.63, 3.8) is 0 Å². The Morgan fingerprint density at radius 1 is 1.07 bits per heavy atom. The molecule has 0 N–H and O–H groups in total. The quantitative estimate of drug-likeness (QED) is 0.728. The lowest BCUT2D eigenvalue weighted by Crippen LogP contribution is -2.03. The van der Waals surface area contributed by atoms with E-state index in [1.165, 1.54) is 56.5 Å². The third-order valence-corrected chi connectivity index (χ3v) is 3.70. The van der Waals surface area contributed by atoms with Gasteiger partial charge in [-0.1, -0.05) is 32.1 Å². The van der Waals surface area contributed by atoms with Crippen LogP contribution in [-0.4, -0.2) is 9.36 Å². The zero-order chi connectivity index (χ0) is 9.80. The molecular formula is C10H15ClN2S. The Balaban J connectivity index is 2.00. The molecule has 0 spiro atoms. The molecule has 0 bridgehead atoms. The molecule has 0 aliphatic heterocycles. The molecular weight excluding hydrogens is 216 g/mol. The molecule has 2 nitrogen and oxygen atoms in total.